The molecule has 2 aliphatic heterocycles. The lowest BCUT2D eigenvalue weighted by atomic mass is 10.00. The molecule has 0 radical (unpaired) electrons. The molecule has 0 aliphatic carbocycles. The van der Waals surface area contributed by atoms with E-state index in [9.17, 15) is 0 Å². The maximum Gasteiger partial charge on any atom is 0.232 e. The molecule has 206 valence electrons. The summed E-state index contributed by atoms with van der Waals surface area (Å²) in [5.41, 5.74) is 6.34. The Kier molecular flexibility index (Phi) is 6.80. The minimum atomic E-state index is -0.551. The average molecular weight is 554 g/mol. The van der Waals surface area contributed by atoms with Crippen molar-refractivity contribution in [2.75, 3.05) is 36.0 Å². The fraction of sp³-hybridized carbons (Fsp3) is 0.152. The molecule has 2 aromatic heterocycles. The van der Waals surface area contributed by atoms with Gasteiger partial charge in [-0.1, -0.05) is 29.4 Å². The fourth-order valence-corrected chi connectivity index (χ4v) is 5.40. The van der Waals surface area contributed by atoms with Crippen molar-refractivity contribution in [3.05, 3.63) is 121 Å². The van der Waals surface area contributed by atoms with Gasteiger partial charge in [-0.2, -0.15) is 5.26 Å². The Labute approximate surface area is 243 Å². The molecule has 1 fully saturated rings. The highest BCUT2D eigenvalue weighted by molar-refractivity contribution is 6.09. The Balaban J connectivity index is 1.27. The Hall–Kier alpha value is -5.46. The Morgan fingerprint density at radius 1 is 0.786 bits per heavy atom. The topological polar surface area (TPSA) is 103 Å². The molecule has 0 amide bonds. The summed E-state index contributed by atoms with van der Waals surface area (Å²) < 4.78 is 6.33. The van der Waals surface area contributed by atoms with Crippen molar-refractivity contribution >= 4 is 17.2 Å². The zero-order valence-electron chi connectivity index (χ0n) is 22.7. The lowest BCUT2D eigenvalue weighted by Crippen LogP contribution is -2.43. The molecule has 0 bridgehead atoms. The molecule has 2 aliphatic rings. The lowest BCUT2D eigenvalue weighted by Gasteiger charge is -2.30. The second-order valence-electron chi connectivity index (χ2n) is 10.1. The maximum absolute atomic E-state index is 9.17. The number of nitrogens with one attached hydrogen (secondary N) is 1. The summed E-state index contributed by atoms with van der Waals surface area (Å²) in [4.78, 5) is 19.1. The molecule has 5 aromatic rings. The van der Waals surface area contributed by atoms with Crippen LogP contribution in [0.3, 0.4) is 0 Å². The molecule has 1 N–H and O–H groups in total. The highest BCUT2D eigenvalue weighted by Crippen LogP contribution is 2.40. The fourth-order valence-electron chi connectivity index (χ4n) is 5.40. The van der Waals surface area contributed by atoms with Gasteiger partial charge in [0, 0.05) is 66.6 Å². The molecule has 1 unspecified atom stereocenters. The third-order valence-corrected chi connectivity index (χ3v) is 7.54. The molecule has 42 heavy (non-hydrogen) atoms. The van der Waals surface area contributed by atoms with Gasteiger partial charge in [-0.05, 0) is 66.2 Å². The van der Waals surface area contributed by atoms with Crippen LogP contribution in [0.2, 0.25) is 0 Å². The van der Waals surface area contributed by atoms with Crippen LogP contribution in [0.1, 0.15) is 23.1 Å². The van der Waals surface area contributed by atoms with Crippen molar-refractivity contribution in [3.63, 3.8) is 0 Å². The second-order valence-corrected chi connectivity index (χ2v) is 10.1. The van der Waals surface area contributed by atoms with Gasteiger partial charge in [0.2, 0.25) is 12.1 Å². The predicted octanol–water partition coefficient (Wildman–Crippen LogP) is 5.58. The van der Waals surface area contributed by atoms with Crippen LogP contribution in [0.15, 0.2) is 113 Å². The molecule has 0 spiro atoms. The predicted molar refractivity (Wildman–Crippen MR) is 161 cm³/mol. The number of nitriles is 1. The van der Waals surface area contributed by atoms with E-state index in [1.165, 1.54) is 12.0 Å². The van der Waals surface area contributed by atoms with Crippen LogP contribution in [0, 0.1) is 11.3 Å². The number of aromatic nitrogens is 2. The highest BCUT2D eigenvalue weighted by Gasteiger charge is 2.37. The van der Waals surface area contributed by atoms with Crippen LogP contribution in [-0.4, -0.2) is 42.0 Å². The van der Waals surface area contributed by atoms with Crippen LogP contribution in [0.5, 0.6) is 0 Å². The molecule has 9 nitrogen and oxygen atoms in total. The van der Waals surface area contributed by atoms with Crippen molar-refractivity contribution in [2.45, 2.75) is 6.23 Å². The average Bonchev–Trinajstić information content (AvgIpc) is 3.74. The van der Waals surface area contributed by atoms with Crippen molar-refractivity contribution in [2.24, 2.45) is 5.16 Å². The van der Waals surface area contributed by atoms with Gasteiger partial charge in [0.05, 0.1) is 11.6 Å². The Morgan fingerprint density at radius 2 is 1.50 bits per heavy atom. The van der Waals surface area contributed by atoms with E-state index in [0.29, 0.717) is 22.9 Å². The number of oxime groups is 1. The molecular weight excluding hydrogens is 526 g/mol. The minimum Gasteiger partial charge on any atom is -0.453 e. The quantitative estimate of drug-likeness (QED) is 0.291. The Morgan fingerprint density at radius 3 is 2.26 bits per heavy atom. The lowest BCUT2D eigenvalue weighted by molar-refractivity contribution is 0.0872. The van der Waals surface area contributed by atoms with Crippen molar-refractivity contribution < 1.29 is 9.25 Å². The van der Waals surface area contributed by atoms with Crippen LogP contribution in [0.4, 0.5) is 11.4 Å². The van der Waals surface area contributed by atoms with Gasteiger partial charge in [0.1, 0.15) is 12.1 Å². The van der Waals surface area contributed by atoms with Gasteiger partial charge in [0.15, 0.2) is 5.76 Å². The third kappa shape index (κ3) is 4.85. The van der Waals surface area contributed by atoms with Gasteiger partial charge >= 0.3 is 0 Å². The first-order chi connectivity index (χ1) is 20.8. The number of hydrogen-bond acceptors (Lipinski definition) is 9. The summed E-state index contributed by atoms with van der Waals surface area (Å²) in [6.07, 6.45) is 4.57. The monoisotopic (exact) mass is 553 g/mol. The molecule has 4 heterocycles. The number of anilines is 2. The van der Waals surface area contributed by atoms with E-state index in [0.717, 1.165) is 54.1 Å². The summed E-state index contributed by atoms with van der Waals surface area (Å²) in [6.45, 7) is 3.89. The van der Waals surface area contributed by atoms with Gasteiger partial charge < -0.3 is 19.5 Å². The van der Waals surface area contributed by atoms with Crippen molar-refractivity contribution in [1.82, 2.24) is 15.3 Å². The number of benzene rings is 3. The number of furan rings is 1. The molecule has 1 atom stereocenters. The summed E-state index contributed by atoms with van der Waals surface area (Å²) in [5, 5.41) is 17.1. The van der Waals surface area contributed by atoms with E-state index in [1.807, 2.05) is 48.5 Å². The van der Waals surface area contributed by atoms with Crippen molar-refractivity contribution in [3.8, 4) is 28.5 Å². The second kappa shape index (κ2) is 11.2. The molecule has 7 rings (SSSR count). The van der Waals surface area contributed by atoms with Crippen LogP contribution < -0.4 is 15.1 Å². The van der Waals surface area contributed by atoms with Gasteiger partial charge in [-0.15, -0.1) is 0 Å². The zero-order chi connectivity index (χ0) is 28.3. The highest BCUT2D eigenvalue weighted by atomic mass is 16.7. The van der Waals surface area contributed by atoms with Crippen LogP contribution >= 0.6 is 0 Å². The number of nitrogens with zero attached hydrogens (tertiary/aromatic N) is 6. The summed E-state index contributed by atoms with van der Waals surface area (Å²) in [7, 11) is 0. The van der Waals surface area contributed by atoms with Gasteiger partial charge in [-0.3, -0.25) is 4.90 Å². The largest absolute Gasteiger partial charge is 0.453 e. The van der Waals surface area contributed by atoms with E-state index < -0.39 is 6.23 Å². The number of hydrogen-bond donors (Lipinski definition) is 1. The molecule has 0 saturated carbocycles. The van der Waals surface area contributed by atoms with E-state index >= 15 is 0 Å². The summed E-state index contributed by atoms with van der Waals surface area (Å²) >= 11 is 0. The minimum absolute atomic E-state index is 0.551. The molecule has 9 heteroatoms. The summed E-state index contributed by atoms with van der Waals surface area (Å²) in [6, 6.07) is 29.8. The van der Waals surface area contributed by atoms with E-state index in [1.54, 1.807) is 24.5 Å². The first-order valence-corrected chi connectivity index (χ1v) is 13.8. The third-order valence-electron chi connectivity index (χ3n) is 7.54. The van der Waals surface area contributed by atoms with E-state index in [-0.39, 0.29) is 0 Å². The Bertz CT molecular complexity index is 1750. The standard InChI is InChI=1S/C33H27N7O2/c34-19-23-5-7-24(8-6-23)30-13-14-31(41-30)32-38-42-33(29-4-2-1-3-28(29)25-20-36-22-37-21-25)40(32)27-11-9-26(10-12-27)39-17-15-35-16-18-39/h1-14,20-22,33,35H,15-18H2. The zero-order valence-corrected chi connectivity index (χ0v) is 22.7. The molecule has 1 saturated heterocycles. The van der Waals surface area contributed by atoms with Gasteiger partial charge in [0.25, 0.3) is 0 Å². The first-order valence-electron chi connectivity index (χ1n) is 13.8. The smallest absolute Gasteiger partial charge is 0.232 e. The van der Waals surface area contributed by atoms with Crippen molar-refractivity contribution in [1.29, 1.82) is 5.26 Å². The van der Waals surface area contributed by atoms with Crippen LogP contribution in [-0.2, 0) is 4.84 Å². The normalized spacial score (nSPS) is 16.5. The number of piperazine rings is 1. The first kappa shape index (κ1) is 25.5. The molecular formula is C33H27N7O2. The summed E-state index contributed by atoms with van der Waals surface area (Å²) in [5.74, 6) is 1.81. The van der Waals surface area contributed by atoms with Gasteiger partial charge in [-0.25, -0.2) is 9.97 Å². The molecule has 3 aromatic carbocycles. The van der Waals surface area contributed by atoms with E-state index in [4.69, 9.17) is 14.5 Å². The number of rotatable bonds is 6. The maximum atomic E-state index is 9.17. The number of amidine groups is 1. The SMILES string of the molecule is N#Cc1ccc(-c2ccc(C3=NOC(c4ccccc4-c4cncnc4)N3c3ccc(N4CCNCC4)cc3)o2)cc1. The van der Waals surface area contributed by atoms with E-state index in [2.05, 4.69) is 60.6 Å². The van der Waals surface area contributed by atoms with Crippen LogP contribution in [0.25, 0.3) is 22.5 Å².